The van der Waals surface area contributed by atoms with Gasteiger partial charge in [-0.2, -0.15) is 18.3 Å². The van der Waals surface area contributed by atoms with Crippen LogP contribution >= 0.6 is 0 Å². The third-order valence-corrected chi connectivity index (χ3v) is 5.37. The number of carbonyl (C=O) groups is 1. The van der Waals surface area contributed by atoms with Crippen LogP contribution < -0.4 is 4.90 Å². The molecule has 0 bridgehead atoms. The molecular formula is C18H24F3N5O2S. The summed E-state index contributed by atoms with van der Waals surface area (Å²) in [6, 6.07) is 3.60. The molecule has 1 amide bonds. The molecule has 0 spiro atoms. The van der Waals surface area contributed by atoms with Gasteiger partial charge in [0.05, 0.1) is 46.9 Å². The molecule has 0 saturated carbocycles. The van der Waals surface area contributed by atoms with Crippen LogP contribution in [0.4, 0.5) is 18.9 Å². The lowest BCUT2D eigenvalue weighted by atomic mass is 10.3. The van der Waals surface area contributed by atoms with E-state index in [4.69, 9.17) is 0 Å². The average molecular weight is 431 g/mol. The Morgan fingerprint density at radius 1 is 1.31 bits per heavy atom. The van der Waals surface area contributed by atoms with Gasteiger partial charge in [-0.3, -0.25) is 9.78 Å². The Morgan fingerprint density at radius 2 is 2.03 bits per heavy atom. The number of carbonyl (C=O) groups excluding carboxylic acids is 1. The molecule has 1 atom stereocenters. The molecule has 0 aliphatic heterocycles. The molecule has 0 aliphatic carbocycles. The van der Waals surface area contributed by atoms with E-state index in [9.17, 15) is 22.2 Å². The van der Waals surface area contributed by atoms with Crippen LogP contribution in [0.3, 0.4) is 0 Å². The van der Waals surface area contributed by atoms with E-state index in [1.165, 1.54) is 11.2 Å². The number of rotatable bonds is 9. The Bertz CT molecular complexity index is 842. The van der Waals surface area contributed by atoms with Crippen LogP contribution in [0.15, 0.2) is 30.7 Å². The lowest BCUT2D eigenvalue weighted by Crippen LogP contribution is -2.36. The summed E-state index contributed by atoms with van der Waals surface area (Å²) in [4.78, 5) is 18.3. The van der Waals surface area contributed by atoms with E-state index in [-0.39, 0.29) is 18.9 Å². The number of alkyl halides is 3. The van der Waals surface area contributed by atoms with Crippen molar-refractivity contribution in [1.82, 2.24) is 19.1 Å². The van der Waals surface area contributed by atoms with Crippen molar-refractivity contribution in [2.45, 2.75) is 32.9 Å². The van der Waals surface area contributed by atoms with Gasteiger partial charge in [0.1, 0.15) is 0 Å². The fourth-order valence-corrected chi connectivity index (χ4v) is 3.49. The second-order valence-electron chi connectivity index (χ2n) is 6.36. The Morgan fingerprint density at radius 3 is 2.59 bits per heavy atom. The van der Waals surface area contributed by atoms with Gasteiger partial charge >= 0.3 is 6.18 Å². The van der Waals surface area contributed by atoms with E-state index >= 15 is 0 Å². The minimum atomic E-state index is -4.34. The van der Waals surface area contributed by atoms with Crippen molar-refractivity contribution in [2.24, 2.45) is 0 Å². The maximum absolute atomic E-state index is 12.7. The summed E-state index contributed by atoms with van der Waals surface area (Å²) in [7, 11) is -1.60. The predicted octanol–water partition coefficient (Wildman–Crippen LogP) is 2.87. The highest BCUT2D eigenvalue weighted by atomic mass is 32.2. The molecule has 0 aromatic carbocycles. The number of hydrogen-bond donors (Lipinski definition) is 0. The number of anilines is 1. The summed E-state index contributed by atoms with van der Waals surface area (Å²) in [5, 5.41) is 4.41. The van der Waals surface area contributed by atoms with Crippen LogP contribution in [0.5, 0.6) is 0 Å². The smallest absolute Gasteiger partial charge is 0.310 e. The molecule has 11 heteroatoms. The molecule has 0 saturated heterocycles. The van der Waals surface area contributed by atoms with Gasteiger partial charge < -0.3 is 4.90 Å². The number of amides is 1. The van der Waals surface area contributed by atoms with Gasteiger partial charge in [0.2, 0.25) is 5.91 Å². The number of nitrogens with zero attached hydrogens (tertiary/aromatic N) is 5. The first-order valence-electron chi connectivity index (χ1n) is 9.04. The number of pyridine rings is 1. The van der Waals surface area contributed by atoms with E-state index in [0.717, 1.165) is 9.99 Å². The minimum absolute atomic E-state index is 0.0235. The highest BCUT2D eigenvalue weighted by molar-refractivity contribution is 7.81. The molecule has 2 rings (SSSR count). The van der Waals surface area contributed by atoms with Gasteiger partial charge in [-0.1, -0.05) is 0 Å². The number of aromatic nitrogens is 3. The fraction of sp³-hybridized carbons (Fsp3) is 0.500. The Hall–Kier alpha value is -2.27. The molecule has 0 fully saturated rings. The molecule has 0 N–H and O–H groups in total. The molecule has 29 heavy (non-hydrogen) atoms. The fourth-order valence-electron chi connectivity index (χ4n) is 2.79. The first kappa shape index (κ1) is 23.0. The molecular weight excluding hydrogens is 407 g/mol. The third kappa shape index (κ3) is 6.64. The largest absolute Gasteiger partial charge is 0.390 e. The summed E-state index contributed by atoms with van der Waals surface area (Å²) < 4.78 is 51.9. The van der Waals surface area contributed by atoms with E-state index < -0.39 is 30.1 Å². The highest BCUT2D eigenvalue weighted by Gasteiger charge is 2.29. The van der Waals surface area contributed by atoms with Gasteiger partial charge in [-0.15, -0.1) is 0 Å². The summed E-state index contributed by atoms with van der Waals surface area (Å²) in [5.74, 6) is -0.274. The van der Waals surface area contributed by atoms with Crippen LogP contribution in [-0.4, -0.2) is 61.3 Å². The monoisotopic (exact) mass is 431 g/mol. The van der Waals surface area contributed by atoms with E-state index in [0.29, 0.717) is 17.9 Å². The van der Waals surface area contributed by atoms with Crippen LogP contribution in [0, 0.1) is 6.92 Å². The average Bonchev–Trinajstić information content (AvgIpc) is 3.03. The van der Waals surface area contributed by atoms with Gasteiger partial charge in [-0.25, -0.2) is 13.2 Å². The molecule has 0 radical (unpaired) electrons. The lowest BCUT2D eigenvalue weighted by molar-refractivity contribution is -0.135. The maximum atomic E-state index is 12.7. The molecule has 1 unspecified atom stereocenters. The first-order chi connectivity index (χ1) is 13.6. The Labute approximate surface area is 170 Å². The first-order valence-corrected chi connectivity index (χ1v) is 10.6. The van der Waals surface area contributed by atoms with Crippen molar-refractivity contribution in [3.8, 4) is 5.69 Å². The van der Waals surface area contributed by atoms with Crippen LogP contribution in [0.25, 0.3) is 5.69 Å². The normalized spacial score (nSPS) is 12.9. The Balaban J connectivity index is 2.08. The Kier molecular flexibility index (Phi) is 7.91. The molecule has 2 aromatic rings. The van der Waals surface area contributed by atoms with Crippen molar-refractivity contribution in [2.75, 3.05) is 30.8 Å². The predicted molar refractivity (Wildman–Crippen MR) is 105 cm³/mol. The summed E-state index contributed by atoms with van der Waals surface area (Å²) in [5.41, 5.74) is 1.99. The van der Waals surface area contributed by atoms with Gasteiger partial charge in [0.25, 0.3) is 0 Å². The SMILES string of the molecule is CCN(C(=O)CCN(CCC(F)(F)F)S(C)=O)c1cn(-c2cccnc2)nc1C. The van der Waals surface area contributed by atoms with Crippen molar-refractivity contribution in [3.05, 3.63) is 36.4 Å². The quantitative estimate of drug-likeness (QED) is 0.612. The second kappa shape index (κ2) is 9.97. The van der Waals surface area contributed by atoms with E-state index in [2.05, 4.69) is 10.1 Å². The molecule has 7 nitrogen and oxygen atoms in total. The van der Waals surface area contributed by atoms with Gasteiger partial charge in [0.15, 0.2) is 0 Å². The van der Waals surface area contributed by atoms with Crippen molar-refractivity contribution in [3.63, 3.8) is 0 Å². The topological polar surface area (TPSA) is 71.3 Å². The standard InChI is InChI=1S/C18H24F3N5O2S/c1-4-25(16-13-26(23-14(16)2)15-6-5-9-22-12-15)17(27)7-10-24(29(3)28)11-8-18(19,20)21/h5-6,9,12-13H,4,7-8,10-11H2,1-3H3. The highest BCUT2D eigenvalue weighted by Crippen LogP contribution is 2.23. The minimum Gasteiger partial charge on any atom is -0.310 e. The zero-order valence-electron chi connectivity index (χ0n) is 16.5. The van der Waals surface area contributed by atoms with E-state index in [1.807, 2.05) is 6.07 Å². The second-order valence-corrected chi connectivity index (χ2v) is 7.73. The maximum Gasteiger partial charge on any atom is 0.390 e. The van der Waals surface area contributed by atoms with Crippen LogP contribution in [0.1, 0.15) is 25.5 Å². The zero-order valence-corrected chi connectivity index (χ0v) is 17.3. The van der Waals surface area contributed by atoms with Crippen molar-refractivity contribution >= 4 is 22.6 Å². The summed E-state index contributed by atoms with van der Waals surface area (Å²) >= 11 is 0. The van der Waals surface area contributed by atoms with Crippen molar-refractivity contribution < 1.29 is 22.2 Å². The zero-order chi connectivity index (χ0) is 21.6. The lowest BCUT2D eigenvalue weighted by Gasteiger charge is -2.23. The van der Waals surface area contributed by atoms with Crippen LogP contribution in [-0.2, 0) is 15.8 Å². The van der Waals surface area contributed by atoms with Gasteiger partial charge in [0, 0.05) is 38.5 Å². The molecule has 2 aromatic heterocycles. The van der Waals surface area contributed by atoms with E-state index in [1.54, 1.807) is 43.2 Å². The number of hydrogen-bond acceptors (Lipinski definition) is 4. The molecule has 0 aliphatic rings. The van der Waals surface area contributed by atoms with Crippen LogP contribution in [0.2, 0.25) is 0 Å². The molecule has 160 valence electrons. The molecule has 2 heterocycles. The summed E-state index contributed by atoms with van der Waals surface area (Å²) in [6.07, 6.45) is 0.842. The van der Waals surface area contributed by atoms with Gasteiger partial charge in [-0.05, 0) is 26.0 Å². The number of aryl methyl sites for hydroxylation is 1. The third-order valence-electron chi connectivity index (χ3n) is 4.27. The van der Waals surface area contributed by atoms with Crippen molar-refractivity contribution in [1.29, 1.82) is 0 Å². The number of halogens is 3. The summed E-state index contributed by atoms with van der Waals surface area (Å²) in [6.45, 7) is 3.51.